The summed E-state index contributed by atoms with van der Waals surface area (Å²) in [5.41, 5.74) is 0.645. The van der Waals surface area contributed by atoms with Crippen LogP contribution in [0.15, 0.2) is 36.7 Å². The second-order valence-electron chi connectivity index (χ2n) is 4.15. The monoisotopic (exact) mass is 271 g/mol. The van der Waals surface area contributed by atoms with Crippen LogP contribution in [-0.2, 0) is 6.42 Å². The summed E-state index contributed by atoms with van der Waals surface area (Å²) < 4.78 is 0. The Bertz CT molecular complexity index is 724. The van der Waals surface area contributed by atoms with Gasteiger partial charge in [0.25, 0.3) is 0 Å². The summed E-state index contributed by atoms with van der Waals surface area (Å²) in [4.78, 5) is 10.8. The fourth-order valence-electron chi connectivity index (χ4n) is 1.89. The van der Waals surface area contributed by atoms with Crippen molar-refractivity contribution in [3.63, 3.8) is 0 Å². The normalized spacial score (nSPS) is 10.8. The van der Waals surface area contributed by atoms with Crippen LogP contribution in [0.2, 0.25) is 0 Å². The van der Waals surface area contributed by atoms with Gasteiger partial charge in [-0.2, -0.15) is 0 Å². The topological polar surface area (TPSA) is 58.0 Å². The summed E-state index contributed by atoms with van der Waals surface area (Å²) in [6.45, 7) is 2.12. The molecule has 0 bridgehead atoms. The van der Waals surface area contributed by atoms with E-state index in [4.69, 9.17) is 0 Å². The number of nitrogens with one attached hydrogen (secondary N) is 1. The number of aromatic hydroxyl groups is 1. The molecule has 2 aromatic heterocycles. The van der Waals surface area contributed by atoms with Gasteiger partial charge in [-0.1, -0.05) is 19.1 Å². The Balaban J connectivity index is 2.05. The number of rotatable bonds is 3. The van der Waals surface area contributed by atoms with E-state index in [1.165, 1.54) is 4.88 Å². The van der Waals surface area contributed by atoms with E-state index in [2.05, 4.69) is 28.3 Å². The Kier molecular flexibility index (Phi) is 3.05. The van der Waals surface area contributed by atoms with Gasteiger partial charge < -0.3 is 10.4 Å². The number of benzene rings is 1. The van der Waals surface area contributed by atoms with E-state index in [1.54, 1.807) is 29.8 Å². The van der Waals surface area contributed by atoms with Crippen LogP contribution in [0, 0.1) is 0 Å². The van der Waals surface area contributed by atoms with Crippen molar-refractivity contribution in [3.05, 3.63) is 41.5 Å². The van der Waals surface area contributed by atoms with Crippen LogP contribution >= 0.6 is 11.3 Å². The van der Waals surface area contributed by atoms with Gasteiger partial charge in [-0.25, -0.2) is 9.97 Å². The average Bonchev–Trinajstić information content (AvgIpc) is 2.85. The number of fused-ring (bicyclic) bond motifs is 1. The number of hydrogen-bond donors (Lipinski definition) is 2. The highest BCUT2D eigenvalue weighted by atomic mass is 32.1. The summed E-state index contributed by atoms with van der Waals surface area (Å²) >= 11 is 1.67. The first-order valence-corrected chi connectivity index (χ1v) is 6.88. The fraction of sp³-hybridized carbons (Fsp3) is 0.143. The maximum atomic E-state index is 9.79. The summed E-state index contributed by atoms with van der Waals surface area (Å²) in [6.07, 6.45) is 2.53. The number of hydrogen-bond acceptors (Lipinski definition) is 5. The number of nitrogens with zero attached hydrogens (tertiary/aromatic N) is 2. The van der Waals surface area contributed by atoms with E-state index in [0.717, 1.165) is 22.5 Å². The van der Waals surface area contributed by atoms with Crippen LogP contribution in [0.25, 0.3) is 10.2 Å². The van der Waals surface area contributed by atoms with Crippen LogP contribution < -0.4 is 5.32 Å². The molecule has 0 aliphatic rings. The molecule has 0 fully saturated rings. The van der Waals surface area contributed by atoms with Crippen LogP contribution in [0.5, 0.6) is 5.75 Å². The van der Waals surface area contributed by atoms with E-state index in [0.29, 0.717) is 5.69 Å². The van der Waals surface area contributed by atoms with E-state index >= 15 is 0 Å². The highest BCUT2D eigenvalue weighted by Gasteiger charge is 2.09. The predicted octanol–water partition coefficient (Wildman–Crippen LogP) is 3.70. The second kappa shape index (κ2) is 4.85. The van der Waals surface area contributed by atoms with Crippen LogP contribution in [-0.4, -0.2) is 15.1 Å². The van der Waals surface area contributed by atoms with Crippen molar-refractivity contribution in [1.29, 1.82) is 0 Å². The van der Waals surface area contributed by atoms with Gasteiger partial charge in [0.05, 0.1) is 11.1 Å². The van der Waals surface area contributed by atoms with Crippen LogP contribution in [0.1, 0.15) is 11.8 Å². The van der Waals surface area contributed by atoms with Crippen molar-refractivity contribution < 1.29 is 5.11 Å². The van der Waals surface area contributed by atoms with Crippen molar-refractivity contribution >= 4 is 33.1 Å². The third-order valence-electron chi connectivity index (χ3n) is 2.89. The van der Waals surface area contributed by atoms with Crippen LogP contribution in [0.3, 0.4) is 0 Å². The summed E-state index contributed by atoms with van der Waals surface area (Å²) in [6, 6.07) is 9.21. The highest BCUT2D eigenvalue weighted by Crippen LogP contribution is 2.32. The van der Waals surface area contributed by atoms with Gasteiger partial charge >= 0.3 is 0 Å². The zero-order valence-electron chi connectivity index (χ0n) is 10.4. The molecule has 0 aliphatic heterocycles. The fourth-order valence-corrected chi connectivity index (χ4v) is 2.82. The molecule has 5 heteroatoms. The largest absolute Gasteiger partial charge is 0.506 e. The Morgan fingerprint density at radius 1 is 1.26 bits per heavy atom. The third kappa shape index (κ3) is 2.24. The molecule has 0 atom stereocenters. The molecule has 0 radical (unpaired) electrons. The van der Waals surface area contributed by atoms with Gasteiger partial charge in [0, 0.05) is 4.88 Å². The molecule has 4 nitrogen and oxygen atoms in total. The maximum Gasteiger partial charge on any atom is 0.142 e. The average molecular weight is 271 g/mol. The SMILES string of the molecule is CCc1cc2c(Nc3ccccc3O)ncnc2s1. The molecule has 0 spiro atoms. The number of phenolic OH excluding ortho intramolecular Hbond substituents is 1. The zero-order valence-corrected chi connectivity index (χ0v) is 11.2. The molecule has 2 N–H and O–H groups in total. The first kappa shape index (κ1) is 11.9. The quantitative estimate of drug-likeness (QED) is 0.713. The first-order valence-electron chi connectivity index (χ1n) is 6.06. The highest BCUT2D eigenvalue weighted by molar-refractivity contribution is 7.18. The number of anilines is 2. The standard InChI is InChI=1S/C14H13N3OS/c1-2-9-7-10-13(15-8-16-14(10)19-9)17-11-5-3-4-6-12(11)18/h3-8,18H,2H2,1H3,(H,15,16,17). The Hall–Kier alpha value is -2.14. The Morgan fingerprint density at radius 3 is 2.89 bits per heavy atom. The Morgan fingerprint density at radius 2 is 2.11 bits per heavy atom. The van der Waals surface area contributed by atoms with Gasteiger partial charge in [-0.15, -0.1) is 11.3 Å². The molecule has 0 amide bonds. The smallest absolute Gasteiger partial charge is 0.142 e. The van der Waals surface area contributed by atoms with Gasteiger partial charge in [0.15, 0.2) is 0 Å². The van der Waals surface area contributed by atoms with E-state index in [9.17, 15) is 5.11 Å². The Labute approximate surface area is 114 Å². The van der Waals surface area contributed by atoms with Gasteiger partial charge in [-0.05, 0) is 24.6 Å². The van der Waals surface area contributed by atoms with Gasteiger partial charge in [0.2, 0.25) is 0 Å². The first-order chi connectivity index (χ1) is 9.28. The van der Waals surface area contributed by atoms with Crippen molar-refractivity contribution in [3.8, 4) is 5.75 Å². The molecular weight excluding hydrogens is 258 g/mol. The lowest BCUT2D eigenvalue weighted by Crippen LogP contribution is -1.94. The lowest BCUT2D eigenvalue weighted by atomic mass is 10.2. The third-order valence-corrected chi connectivity index (χ3v) is 4.07. The van der Waals surface area contributed by atoms with Crippen molar-refractivity contribution in [2.24, 2.45) is 0 Å². The van der Waals surface area contributed by atoms with Crippen molar-refractivity contribution in [2.45, 2.75) is 13.3 Å². The molecule has 96 valence electrons. The number of aryl methyl sites for hydroxylation is 1. The molecule has 0 aliphatic carbocycles. The minimum atomic E-state index is 0.209. The predicted molar refractivity (Wildman–Crippen MR) is 78.2 cm³/mol. The molecule has 0 saturated heterocycles. The molecule has 2 heterocycles. The zero-order chi connectivity index (χ0) is 13.2. The number of para-hydroxylation sites is 2. The molecule has 0 saturated carbocycles. The second-order valence-corrected chi connectivity index (χ2v) is 5.26. The summed E-state index contributed by atoms with van der Waals surface area (Å²) in [5.74, 6) is 0.933. The molecular formula is C14H13N3OS. The lowest BCUT2D eigenvalue weighted by molar-refractivity contribution is 0.478. The van der Waals surface area contributed by atoms with E-state index < -0.39 is 0 Å². The molecule has 19 heavy (non-hydrogen) atoms. The summed E-state index contributed by atoms with van der Waals surface area (Å²) in [5, 5.41) is 13.9. The number of aromatic nitrogens is 2. The van der Waals surface area contributed by atoms with Crippen LogP contribution in [0.4, 0.5) is 11.5 Å². The summed E-state index contributed by atoms with van der Waals surface area (Å²) in [7, 11) is 0. The minimum absolute atomic E-state index is 0.209. The van der Waals surface area contributed by atoms with E-state index in [1.807, 2.05) is 12.1 Å². The van der Waals surface area contributed by atoms with E-state index in [-0.39, 0.29) is 5.75 Å². The minimum Gasteiger partial charge on any atom is -0.506 e. The molecule has 1 aromatic carbocycles. The molecule has 3 aromatic rings. The van der Waals surface area contributed by atoms with Gasteiger partial charge in [0.1, 0.15) is 22.7 Å². The molecule has 3 rings (SSSR count). The number of phenols is 1. The molecule has 0 unspecified atom stereocenters. The van der Waals surface area contributed by atoms with Gasteiger partial charge in [-0.3, -0.25) is 0 Å². The lowest BCUT2D eigenvalue weighted by Gasteiger charge is -2.07. The maximum absolute atomic E-state index is 9.79. The number of thiophene rings is 1. The van der Waals surface area contributed by atoms with Crippen molar-refractivity contribution in [2.75, 3.05) is 5.32 Å². The van der Waals surface area contributed by atoms with Crippen molar-refractivity contribution in [1.82, 2.24) is 9.97 Å².